The number of hydrazone groups is 1. The molecule has 6 nitrogen and oxygen atoms in total. The summed E-state index contributed by atoms with van der Waals surface area (Å²) in [5.74, 6) is -0.521. The highest BCUT2D eigenvalue weighted by Gasteiger charge is 2.08. The van der Waals surface area contributed by atoms with Crippen molar-refractivity contribution < 1.29 is 14.7 Å². The number of hydrogen-bond donors (Lipinski definition) is 3. The molecule has 0 spiro atoms. The molecule has 0 radical (unpaired) electrons. The van der Waals surface area contributed by atoms with Crippen LogP contribution in [0, 0.1) is 6.92 Å². The molecule has 156 valence electrons. The van der Waals surface area contributed by atoms with Gasteiger partial charge in [-0.15, -0.1) is 6.58 Å². The summed E-state index contributed by atoms with van der Waals surface area (Å²) in [6.07, 6.45) is 3.62. The lowest BCUT2D eigenvalue weighted by Gasteiger charge is -2.07. The summed E-state index contributed by atoms with van der Waals surface area (Å²) in [4.78, 5) is 24.6. The van der Waals surface area contributed by atoms with Gasteiger partial charge >= 0.3 is 0 Å². The normalized spacial score (nSPS) is 10.6. The molecule has 6 heteroatoms. The van der Waals surface area contributed by atoms with Gasteiger partial charge in [-0.05, 0) is 61.4 Å². The van der Waals surface area contributed by atoms with Gasteiger partial charge in [0, 0.05) is 22.4 Å². The molecule has 2 amide bonds. The van der Waals surface area contributed by atoms with Crippen LogP contribution in [0.3, 0.4) is 0 Å². The number of amides is 2. The fraction of sp³-hybridized carbons (Fsp3) is 0.0800. The van der Waals surface area contributed by atoms with Crippen molar-refractivity contribution in [2.75, 3.05) is 5.32 Å². The Morgan fingerprint density at radius 3 is 2.45 bits per heavy atom. The van der Waals surface area contributed by atoms with E-state index in [1.165, 1.54) is 6.21 Å². The number of allylic oxidation sites excluding steroid dienone is 1. The van der Waals surface area contributed by atoms with Crippen LogP contribution in [0.4, 0.5) is 5.69 Å². The fourth-order valence-electron chi connectivity index (χ4n) is 2.96. The molecule has 0 aromatic heterocycles. The van der Waals surface area contributed by atoms with Crippen molar-refractivity contribution in [1.82, 2.24) is 5.43 Å². The topological polar surface area (TPSA) is 90.8 Å². The third kappa shape index (κ3) is 5.67. The first-order valence-corrected chi connectivity index (χ1v) is 9.71. The standard InChI is InChI=1S/C25H23N3O3/c1-3-6-18-8-5-10-21(23(18)29)16-26-28-25(31)19-11-13-22(14-12-19)27-24(30)20-9-4-7-17(2)15-20/h3-5,7-16,29H,1,6H2,2H3,(H,27,30)(H,28,31)/b26-16-. The van der Waals surface area contributed by atoms with E-state index in [0.29, 0.717) is 28.8 Å². The number of hydrogen-bond acceptors (Lipinski definition) is 4. The van der Waals surface area contributed by atoms with Gasteiger partial charge in [0.15, 0.2) is 0 Å². The second-order valence-corrected chi connectivity index (χ2v) is 6.95. The number of aromatic hydroxyl groups is 1. The number of phenols is 1. The molecule has 0 unspecified atom stereocenters. The van der Waals surface area contributed by atoms with Crippen LogP contribution in [0.5, 0.6) is 5.75 Å². The maximum atomic E-state index is 12.3. The molecule has 3 N–H and O–H groups in total. The van der Waals surface area contributed by atoms with Crippen molar-refractivity contribution in [3.8, 4) is 5.75 Å². The molecule has 3 rings (SSSR count). The Kier molecular flexibility index (Phi) is 6.96. The lowest BCUT2D eigenvalue weighted by molar-refractivity contribution is 0.0954. The Morgan fingerprint density at radius 2 is 1.74 bits per heavy atom. The predicted octanol–water partition coefficient (Wildman–Crippen LogP) is 4.45. The average molecular weight is 413 g/mol. The van der Waals surface area contributed by atoms with Crippen LogP contribution in [-0.2, 0) is 6.42 Å². The lowest BCUT2D eigenvalue weighted by Crippen LogP contribution is -2.18. The van der Waals surface area contributed by atoms with Crippen LogP contribution in [0.1, 0.15) is 37.4 Å². The Labute approximate surface area is 180 Å². The third-order valence-electron chi connectivity index (χ3n) is 4.57. The summed E-state index contributed by atoms with van der Waals surface area (Å²) >= 11 is 0. The van der Waals surface area contributed by atoms with Crippen molar-refractivity contribution >= 4 is 23.7 Å². The van der Waals surface area contributed by atoms with E-state index >= 15 is 0 Å². The lowest BCUT2D eigenvalue weighted by atomic mass is 10.1. The van der Waals surface area contributed by atoms with E-state index in [9.17, 15) is 14.7 Å². The highest BCUT2D eigenvalue weighted by atomic mass is 16.3. The van der Waals surface area contributed by atoms with Gasteiger partial charge in [-0.25, -0.2) is 5.43 Å². The summed E-state index contributed by atoms with van der Waals surface area (Å²) in [5, 5.41) is 16.9. The molecule has 31 heavy (non-hydrogen) atoms. The number of anilines is 1. The molecule has 3 aromatic rings. The molecule has 0 atom stereocenters. The molecule has 0 heterocycles. The van der Waals surface area contributed by atoms with Gasteiger partial charge in [-0.2, -0.15) is 5.10 Å². The highest BCUT2D eigenvalue weighted by Crippen LogP contribution is 2.21. The smallest absolute Gasteiger partial charge is 0.271 e. The average Bonchev–Trinajstić information content (AvgIpc) is 2.77. The number of carbonyl (C=O) groups is 2. The van der Waals surface area contributed by atoms with E-state index in [1.807, 2.05) is 19.1 Å². The minimum atomic E-state index is -0.408. The van der Waals surface area contributed by atoms with Crippen molar-refractivity contribution in [1.29, 1.82) is 0 Å². The van der Waals surface area contributed by atoms with E-state index in [4.69, 9.17) is 0 Å². The molecule has 0 fully saturated rings. The first-order chi connectivity index (χ1) is 15.0. The van der Waals surface area contributed by atoms with E-state index < -0.39 is 5.91 Å². The Bertz CT molecular complexity index is 1140. The van der Waals surface area contributed by atoms with E-state index in [-0.39, 0.29) is 11.7 Å². The molecule has 0 bridgehead atoms. The quantitative estimate of drug-likeness (QED) is 0.304. The van der Waals surface area contributed by atoms with Gasteiger partial charge in [0.2, 0.25) is 0 Å². The second-order valence-electron chi connectivity index (χ2n) is 6.95. The molecule has 0 saturated heterocycles. The maximum Gasteiger partial charge on any atom is 0.271 e. The van der Waals surface area contributed by atoms with Gasteiger partial charge < -0.3 is 10.4 Å². The van der Waals surface area contributed by atoms with Crippen LogP contribution in [0.25, 0.3) is 0 Å². The van der Waals surface area contributed by atoms with Crippen molar-refractivity contribution in [2.24, 2.45) is 5.10 Å². The third-order valence-corrected chi connectivity index (χ3v) is 4.57. The summed E-state index contributed by atoms with van der Waals surface area (Å²) in [7, 11) is 0. The number of para-hydroxylation sites is 1. The van der Waals surface area contributed by atoms with Crippen LogP contribution in [0.2, 0.25) is 0 Å². The van der Waals surface area contributed by atoms with Gasteiger partial charge in [0.25, 0.3) is 11.8 Å². The minimum Gasteiger partial charge on any atom is -0.507 e. The molecule has 0 aliphatic heterocycles. The van der Waals surface area contributed by atoms with Gasteiger partial charge in [-0.1, -0.05) is 35.9 Å². The second kappa shape index (κ2) is 10.0. The Morgan fingerprint density at radius 1 is 1.00 bits per heavy atom. The van der Waals surface area contributed by atoms with Crippen LogP contribution in [-0.4, -0.2) is 23.1 Å². The zero-order valence-corrected chi connectivity index (χ0v) is 17.1. The predicted molar refractivity (Wildman–Crippen MR) is 123 cm³/mol. The minimum absolute atomic E-state index is 0.106. The SMILES string of the molecule is C=CCc1cccc(/C=N\NC(=O)c2ccc(NC(=O)c3cccc(C)c3)cc2)c1O. The summed E-state index contributed by atoms with van der Waals surface area (Å²) in [6.45, 7) is 5.58. The molecular formula is C25H23N3O3. The summed E-state index contributed by atoms with van der Waals surface area (Å²) < 4.78 is 0. The number of rotatable bonds is 7. The monoisotopic (exact) mass is 413 g/mol. The first kappa shape index (κ1) is 21.5. The van der Waals surface area contributed by atoms with Crippen molar-refractivity contribution in [3.05, 3.63) is 107 Å². The van der Waals surface area contributed by atoms with Crippen molar-refractivity contribution in [2.45, 2.75) is 13.3 Å². The Hall–Kier alpha value is -4.19. The van der Waals surface area contributed by atoms with E-state index in [1.54, 1.807) is 60.7 Å². The molecular weight excluding hydrogens is 390 g/mol. The van der Waals surface area contributed by atoms with E-state index in [2.05, 4.69) is 22.4 Å². The number of phenolic OH excluding ortho intramolecular Hbond substituents is 1. The highest BCUT2D eigenvalue weighted by molar-refractivity contribution is 6.04. The summed E-state index contributed by atoms with van der Waals surface area (Å²) in [5.41, 5.74) is 6.19. The van der Waals surface area contributed by atoms with Gasteiger partial charge in [0.05, 0.1) is 6.21 Å². The van der Waals surface area contributed by atoms with Gasteiger partial charge in [-0.3, -0.25) is 9.59 Å². The van der Waals surface area contributed by atoms with E-state index in [0.717, 1.165) is 11.1 Å². The molecule has 0 aliphatic carbocycles. The number of nitrogens with one attached hydrogen (secondary N) is 2. The maximum absolute atomic E-state index is 12.3. The van der Waals surface area contributed by atoms with Crippen molar-refractivity contribution in [3.63, 3.8) is 0 Å². The van der Waals surface area contributed by atoms with Crippen LogP contribution >= 0.6 is 0 Å². The molecule has 0 aliphatic rings. The zero-order valence-electron chi connectivity index (χ0n) is 17.1. The van der Waals surface area contributed by atoms with Crippen LogP contribution in [0.15, 0.2) is 84.5 Å². The Balaban J connectivity index is 1.60. The first-order valence-electron chi connectivity index (χ1n) is 9.71. The fourth-order valence-corrected chi connectivity index (χ4v) is 2.96. The number of carbonyl (C=O) groups excluding carboxylic acids is 2. The van der Waals surface area contributed by atoms with Crippen LogP contribution < -0.4 is 10.7 Å². The molecule has 3 aromatic carbocycles. The largest absolute Gasteiger partial charge is 0.507 e. The zero-order chi connectivity index (χ0) is 22.2. The number of nitrogens with zero attached hydrogens (tertiary/aromatic N) is 1. The number of benzene rings is 3. The van der Waals surface area contributed by atoms with Gasteiger partial charge in [0.1, 0.15) is 5.75 Å². The number of aryl methyl sites for hydroxylation is 1. The summed E-state index contributed by atoms with van der Waals surface area (Å²) in [6, 6.07) is 19.1. The molecule has 0 saturated carbocycles.